The normalized spacial score (nSPS) is 10.4. The van der Waals surface area contributed by atoms with Crippen molar-refractivity contribution < 1.29 is 20.0 Å². The van der Waals surface area contributed by atoms with Crippen molar-refractivity contribution in [3.05, 3.63) is 28.2 Å². The zero-order valence-electron chi connectivity index (χ0n) is 7.19. The summed E-state index contributed by atoms with van der Waals surface area (Å²) in [4.78, 5) is 0. The number of aromatic hydroxyl groups is 1. The van der Waals surface area contributed by atoms with Crippen LogP contribution < -0.4 is 4.73 Å². The molecule has 0 spiro atoms. The number of hydrogen-bond acceptors (Lipinski definition) is 4. The lowest BCUT2D eigenvalue weighted by Crippen LogP contribution is -2.31. The highest BCUT2D eigenvalue weighted by atomic mass is 16.5. The fraction of sp³-hybridized carbons (Fsp3) is 0.375. The zero-order valence-corrected chi connectivity index (χ0v) is 7.19. The molecule has 0 aliphatic heterocycles. The Morgan fingerprint density at radius 2 is 2.00 bits per heavy atom. The number of aliphatic hydroxyl groups excluding tert-OH is 2. The van der Waals surface area contributed by atoms with Crippen molar-refractivity contribution in [1.29, 1.82) is 0 Å². The van der Waals surface area contributed by atoms with Crippen molar-refractivity contribution >= 4 is 0 Å². The molecule has 5 nitrogen and oxygen atoms in total. The van der Waals surface area contributed by atoms with E-state index in [1.165, 1.54) is 6.92 Å². The molecule has 5 heteroatoms. The Hall–Kier alpha value is -1.33. The van der Waals surface area contributed by atoms with E-state index in [-0.39, 0.29) is 29.2 Å². The van der Waals surface area contributed by atoms with Crippen molar-refractivity contribution in [2.45, 2.75) is 20.1 Å². The van der Waals surface area contributed by atoms with Crippen molar-refractivity contribution in [2.24, 2.45) is 0 Å². The van der Waals surface area contributed by atoms with E-state index in [1.54, 1.807) is 0 Å². The molecule has 72 valence electrons. The zero-order chi connectivity index (χ0) is 10.0. The number of pyridine rings is 1. The molecule has 0 aromatic carbocycles. The number of aromatic nitrogens is 1. The second-order valence-corrected chi connectivity index (χ2v) is 2.71. The first kappa shape index (κ1) is 9.76. The third-order valence-electron chi connectivity index (χ3n) is 1.95. The standard InChI is InChI=1S/C8H11NO4/c1-5-8(12)7(4-11)6(3-10)2-9(5)13/h2,10-12H,3-4H2,1H3. The average Bonchev–Trinajstić information content (AvgIpc) is 2.13. The van der Waals surface area contributed by atoms with Gasteiger partial charge in [-0.05, 0) is 0 Å². The van der Waals surface area contributed by atoms with Gasteiger partial charge in [0.15, 0.2) is 11.9 Å². The third kappa shape index (κ3) is 1.56. The fourth-order valence-electron chi connectivity index (χ4n) is 1.10. The topological polar surface area (TPSA) is 87.6 Å². The molecule has 1 heterocycles. The Labute approximate surface area is 75.1 Å². The SMILES string of the molecule is Cc1c(O)c(CO)c(CO)c[n+]1[O-]. The lowest BCUT2D eigenvalue weighted by atomic mass is 10.1. The second kappa shape index (κ2) is 3.59. The molecule has 0 unspecified atom stereocenters. The Balaban J connectivity index is 3.39. The molecule has 1 aromatic heterocycles. The van der Waals surface area contributed by atoms with Crippen LogP contribution in [0.2, 0.25) is 0 Å². The van der Waals surface area contributed by atoms with Crippen molar-refractivity contribution in [1.82, 2.24) is 0 Å². The van der Waals surface area contributed by atoms with Gasteiger partial charge in [0.25, 0.3) is 0 Å². The summed E-state index contributed by atoms with van der Waals surface area (Å²) in [6, 6.07) is 0. The first-order chi connectivity index (χ1) is 6.11. The summed E-state index contributed by atoms with van der Waals surface area (Å²) in [5.41, 5.74) is 0.550. The number of nitrogens with zero attached hydrogens (tertiary/aromatic N) is 1. The molecule has 0 radical (unpaired) electrons. The van der Waals surface area contributed by atoms with Crippen LogP contribution in [-0.2, 0) is 13.2 Å². The molecule has 3 N–H and O–H groups in total. The molecule has 0 aliphatic rings. The Kier molecular flexibility index (Phi) is 2.69. The largest absolute Gasteiger partial charge is 0.618 e. The number of hydrogen-bond donors (Lipinski definition) is 3. The maximum Gasteiger partial charge on any atom is 0.231 e. The molecule has 0 aliphatic carbocycles. The second-order valence-electron chi connectivity index (χ2n) is 2.71. The van der Waals surface area contributed by atoms with E-state index >= 15 is 0 Å². The van der Waals surface area contributed by atoms with Crippen LogP contribution in [0, 0.1) is 12.1 Å². The number of rotatable bonds is 2. The predicted molar refractivity (Wildman–Crippen MR) is 43.6 cm³/mol. The summed E-state index contributed by atoms with van der Waals surface area (Å²) in [6.07, 6.45) is 1.14. The van der Waals surface area contributed by atoms with Crippen LogP contribution >= 0.6 is 0 Å². The van der Waals surface area contributed by atoms with Gasteiger partial charge in [0, 0.05) is 12.5 Å². The molecule has 0 fully saturated rings. The van der Waals surface area contributed by atoms with Gasteiger partial charge in [0.1, 0.15) is 0 Å². The van der Waals surface area contributed by atoms with Crippen LogP contribution in [0.4, 0.5) is 0 Å². The summed E-state index contributed by atoms with van der Waals surface area (Å²) < 4.78 is 0.458. The highest BCUT2D eigenvalue weighted by Crippen LogP contribution is 2.22. The summed E-state index contributed by atoms with van der Waals surface area (Å²) in [6.45, 7) is 0.651. The monoisotopic (exact) mass is 185 g/mol. The van der Waals surface area contributed by atoms with E-state index in [1.807, 2.05) is 0 Å². The minimum Gasteiger partial charge on any atom is -0.618 e. The lowest BCUT2D eigenvalue weighted by molar-refractivity contribution is -0.613. The summed E-state index contributed by atoms with van der Waals surface area (Å²) in [7, 11) is 0. The summed E-state index contributed by atoms with van der Waals surface area (Å²) in [5, 5.41) is 38.1. The van der Waals surface area contributed by atoms with Gasteiger partial charge in [-0.2, -0.15) is 4.73 Å². The molecule has 0 saturated heterocycles. The third-order valence-corrected chi connectivity index (χ3v) is 1.95. The Morgan fingerprint density at radius 1 is 1.38 bits per heavy atom. The quantitative estimate of drug-likeness (QED) is 0.420. The molecule has 0 atom stereocenters. The highest BCUT2D eigenvalue weighted by molar-refractivity contribution is 5.37. The van der Waals surface area contributed by atoms with Gasteiger partial charge in [-0.3, -0.25) is 0 Å². The molecule has 13 heavy (non-hydrogen) atoms. The van der Waals surface area contributed by atoms with E-state index in [0.717, 1.165) is 6.20 Å². The molecular weight excluding hydrogens is 174 g/mol. The summed E-state index contributed by atoms with van der Waals surface area (Å²) >= 11 is 0. The smallest absolute Gasteiger partial charge is 0.231 e. The van der Waals surface area contributed by atoms with E-state index in [0.29, 0.717) is 4.73 Å². The van der Waals surface area contributed by atoms with Crippen molar-refractivity contribution in [3.8, 4) is 5.75 Å². The van der Waals surface area contributed by atoms with Crippen LogP contribution in [0.25, 0.3) is 0 Å². The summed E-state index contributed by atoms with van der Waals surface area (Å²) in [5.74, 6) is -0.260. The Morgan fingerprint density at radius 3 is 2.46 bits per heavy atom. The first-order valence-corrected chi connectivity index (χ1v) is 3.77. The highest BCUT2D eigenvalue weighted by Gasteiger charge is 2.16. The van der Waals surface area contributed by atoms with Crippen molar-refractivity contribution in [2.75, 3.05) is 0 Å². The van der Waals surface area contributed by atoms with E-state index in [2.05, 4.69) is 0 Å². The van der Waals surface area contributed by atoms with Gasteiger partial charge < -0.3 is 20.5 Å². The van der Waals surface area contributed by atoms with Gasteiger partial charge in [-0.15, -0.1) is 0 Å². The van der Waals surface area contributed by atoms with Crippen LogP contribution in [-0.4, -0.2) is 15.3 Å². The van der Waals surface area contributed by atoms with Crippen LogP contribution in [0.5, 0.6) is 5.75 Å². The van der Waals surface area contributed by atoms with Gasteiger partial charge in [-0.1, -0.05) is 0 Å². The average molecular weight is 185 g/mol. The van der Waals surface area contributed by atoms with Crippen molar-refractivity contribution in [3.63, 3.8) is 0 Å². The fourth-order valence-corrected chi connectivity index (χ4v) is 1.10. The Bertz CT molecular complexity index is 324. The molecule has 1 aromatic rings. The number of aliphatic hydroxyl groups is 2. The van der Waals surface area contributed by atoms with Crippen LogP contribution in [0.1, 0.15) is 16.8 Å². The van der Waals surface area contributed by atoms with Gasteiger partial charge >= 0.3 is 0 Å². The van der Waals surface area contributed by atoms with E-state index in [9.17, 15) is 10.3 Å². The molecular formula is C8H11NO4. The van der Waals surface area contributed by atoms with E-state index < -0.39 is 6.61 Å². The minimum absolute atomic E-state index is 0.112. The van der Waals surface area contributed by atoms with Gasteiger partial charge in [-0.25, -0.2) is 0 Å². The van der Waals surface area contributed by atoms with Gasteiger partial charge in [0.2, 0.25) is 5.69 Å². The maximum atomic E-state index is 11.1. The van der Waals surface area contributed by atoms with Gasteiger partial charge in [0.05, 0.1) is 18.8 Å². The molecule has 0 amide bonds. The molecule has 0 saturated carbocycles. The first-order valence-electron chi connectivity index (χ1n) is 3.77. The maximum absolute atomic E-state index is 11.1. The predicted octanol–water partition coefficient (Wildman–Crippen LogP) is -0.681. The van der Waals surface area contributed by atoms with Crippen LogP contribution in [0.3, 0.4) is 0 Å². The lowest BCUT2D eigenvalue weighted by Gasteiger charge is -2.09. The minimum atomic E-state index is -0.399. The molecule has 1 rings (SSSR count). The van der Waals surface area contributed by atoms with E-state index in [4.69, 9.17) is 10.2 Å². The molecule has 0 bridgehead atoms. The van der Waals surface area contributed by atoms with Crippen LogP contribution in [0.15, 0.2) is 6.20 Å².